The van der Waals surface area contributed by atoms with Crippen LogP contribution in [-0.2, 0) is 22.5 Å². The molecule has 0 radical (unpaired) electrons. The van der Waals surface area contributed by atoms with E-state index in [9.17, 15) is 18.8 Å². The van der Waals surface area contributed by atoms with Gasteiger partial charge in [0.15, 0.2) is 0 Å². The number of carboxylic acid groups (broad SMARTS) is 1. The molecule has 3 amide bonds. The number of halogens is 1. The fraction of sp³-hybridized carbons (Fsp3) is 0.320. The van der Waals surface area contributed by atoms with Crippen molar-refractivity contribution in [3.63, 3.8) is 0 Å². The van der Waals surface area contributed by atoms with Crippen molar-refractivity contribution in [3.05, 3.63) is 71.1 Å². The zero-order chi connectivity index (χ0) is 24.1. The van der Waals surface area contributed by atoms with Crippen molar-refractivity contribution in [1.29, 1.82) is 0 Å². The number of nitrogens with zero attached hydrogens (tertiary/aromatic N) is 1. The van der Waals surface area contributed by atoms with E-state index < -0.39 is 17.8 Å². The van der Waals surface area contributed by atoms with Gasteiger partial charge < -0.3 is 25.4 Å². The standard InChI is InChI=1S/C25H26FN3O5/c26-21-3-1-2-4-22(21)28-24(32)27-19-8-7-18-15-29(12-11-17(18)14-19)25(33)34-20-9-5-16(6-10-20)13-23(30)31/h1-4,7-8,13-14,20H,5-6,9-12,15H2,(H,30,31)(H2,27,28,32). The minimum Gasteiger partial charge on any atom is -0.478 e. The predicted octanol–water partition coefficient (Wildman–Crippen LogP) is 4.92. The van der Waals surface area contributed by atoms with E-state index in [-0.39, 0.29) is 17.9 Å². The van der Waals surface area contributed by atoms with Gasteiger partial charge in [-0.05, 0) is 67.5 Å². The van der Waals surface area contributed by atoms with Gasteiger partial charge >= 0.3 is 18.1 Å². The monoisotopic (exact) mass is 467 g/mol. The summed E-state index contributed by atoms with van der Waals surface area (Å²) >= 11 is 0. The number of nitrogens with one attached hydrogen (secondary N) is 2. The fourth-order valence-corrected chi connectivity index (χ4v) is 4.25. The molecule has 0 bridgehead atoms. The molecule has 1 fully saturated rings. The number of benzene rings is 2. The van der Waals surface area contributed by atoms with Gasteiger partial charge in [0, 0.05) is 24.9 Å². The zero-order valence-electron chi connectivity index (χ0n) is 18.6. The molecule has 0 spiro atoms. The van der Waals surface area contributed by atoms with E-state index >= 15 is 0 Å². The second kappa shape index (κ2) is 10.4. The van der Waals surface area contributed by atoms with E-state index in [2.05, 4.69) is 10.6 Å². The summed E-state index contributed by atoms with van der Waals surface area (Å²) in [7, 11) is 0. The highest BCUT2D eigenvalue weighted by atomic mass is 19.1. The second-order valence-corrected chi connectivity index (χ2v) is 8.44. The van der Waals surface area contributed by atoms with Crippen molar-refractivity contribution in [2.75, 3.05) is 17.2 Å². The quantitative estimate of drug-likeness (QED) is 0.554. The average molecular weight is 467 g/mol. The highest BCUT2D eigenvalue weighted by molar-refractivity contribution is 5.99. The molecule has 0 atom stereocenters. The third kappa shape index (κ3) is 5.92. The first kappa shape index (κ1) is 23.3. The summed E-state index contributed by atoms with van der Waals surface area (Å²) in [5.41, 5.74) is 3.54. The molecule has 0 saturated heterocycles. The summed E-state index contributed by atoms with van der Waals surface area (Å²) in [6.45, 7) is 0.903. The Morgan fingerprint density at radius 1 is 1.03 bits per heavy atom. The van der Waals surface area contributed by atoms with Crippen molar-refractivity contribution in [3.8, 4) is 0 Å². The summed E-state index contributed by atoms with van der Waals surface area (Å²) in [4.78, 5) is 37.3. The number of ether oxygens (including phenoxy) is 1. The molecule has 1 saturated carbocycles. The lowest BCUT2D eigenvalue weighted by Gasteiger charge is -2.31. The minimum atomic E-state index is -0.943. The Kier molecular flexibility index (Phi) is 7.10. The molecule has 2 aliphatic rings. The topological polar surface area (TPSA) is 108 Å². The van der Waals surface area contributed by atoms with E-state index in [1.54, 1.807) is 23.1 Å². The molecule has 4 rings (SSSR count). The maximum atomic E-state index is 13.7. The van der Waals surface area contributed by atoms with Crippen LogP contribution >= 0.6 is 0 Å². The van der Waals surface area contributed by atoms with E-state index in [1.165, 1.54) is 18.2 Å². The Bertz CT molecular complexity index is 1120. The number of urea groups is 1. The van der Waals surface area contributed by atoms with E-state index in [4.69, 9.17) is 9.84 Å². The van der Waals surface area contributed by atoms with Crippen molar-refractivity contribution >= 4 is 29.5 Å². The number of amides is 3. The molecule has 1 heterocycles. The number of carbonyl (C=O) groups is 3. The highest BCUT2D eigenvalue weighted by Crippen LogP contribution is 2.28. The van der Waals surface area contributed by atoms with Crippen molar-refractivity contribution in [1.82, 2.24) is 4.90 Å². The van der Waals surface area contributed by atoms with Crippen LogP contribution in [-0.4, -0.2) is 40.7 Å². The van der Waals surface area contributed by atoms with Crippen LogP contribution in [0.25, 0.3) is 0 Å². The molecule has 3 N–H and O–H groups in total. The Labute approximate surface area is 196 Å². The largest absolute Gasteiger partial charge is 0.478 e. The molecule has 178 valence electrons. The molecule has 8 nitrogen and oxygen atoms in total. The summed E-state index contributed by atoms with van der Waals surface area (Å²) in [6.07, 6.45) is 3.77. The zero-order valence-corrected chi connectivity index (χ0v) is 18.6. The average Bonchev–Trinajstić information content (AvgIpc) is 2.81. The maximum absolute atomic E-state index is 13.7. The van der Waals surface area contributed by atoms with E-state index in [1.807, 2.05) is 12.1 Å². The van der Waals surface area contributed by atoms with Gasteiger partial charge in [-0.3, -0.25) is 0 Å². The van der Waals surface area contributed by atoms with Gasteiger partial charge in [-0.25, -0.2) is 18.8 Å². The Hall–Kier alpha value is -3.88. The number of anilines is 2. The Balaban J connectivity index is 1.29. The Morgan fingerprint density at radius 3 is 2.53 bits per heavy atom. The van der Waals surface area contributed by atoms with Gasteiger partial charge in [0.25, 0.3) is 0 Å². The molecule has 1 aliphatic carbocycles. The number of carboxylic acids is 1. The van der Waals surface area contributed by atoms with Crippen molar-refractivity contribution in [2.45, 2.75) is 44.8 Å². The summed E-state index contributed by atoms with van der Waals surface area (Å²) in [5.74, 6) is -1.46. The van der Waals surface area contributed by atoms with E-state index in [0.717, 1.165) is 16.7 Å². The van der Waals surface area contributed by atoms with Gasteiger partial charge in [-0.2, -0.15) is 0 Å². The van der Waals surface area contributed by atoms with Gasteiger partial charge in [-0.1, -0.05) is 23.8 Å². The summed E-state index contributed by atoms with van der Waals surface area (Å²) in [6, 6.07) is 10.9. The first-order valence-electron chi connectivity index (χ1n) is 11.2. The van der Waals surface area contributed by atoms with Gasteiger partial charge in [0.1, 0.15) is 11.9 Å². The SMILES string of the molecule is O=C(O)C=C1CCC(OC(=O)N2CCc3cc(NC(=O)Nc4ccccc4F)ccc3C2)CC1. The minimum absolute atomic E-state index is 0.0965. The van der Waals surface area contributed by atoms with Crippen LogP contribution in [0.3, 0.4) is 0 Å². The van der Waals surface area contributed by atoms with Crippen LogP contribution < -0.4 is 10.6 Å². The predicted molar refractivity (Wildman–Crippen MR) is 124 cm³/mol. The van der Waals surface area contributed by atoms with Crippen LogP contribution in [0.1, 0.15) is 36.8 Å². The molecule has 2 aromatic carbocycles. The smallest absolute Gasteiger partial charge is 0.410 e. The number of fused-ring (bicyclic) bond motifs is 1. The number of aliphatic carboxylic acids is 1. The van der Waals surface area contributed by atoms with Crippen LogP contribution in [0.15, 0.2) is 54.1 Å². The normalized spacial score (nSPS) is 17.4. The van der Waals surface area contributed by atoms with Crippen LogP contribution in [0, 0.1) is 5.82 Å². The number of rotatable bonds is 4. The third-order valence-electron chi connectivity index (χ3n) is 6.03. The molecule has 0 unspecified atom stereocenters. The van der Waals surface area contributed by atoms with E-state index in [0.29, 0.717) is 50.9 Å². The van der Waals surface area contributed by atoms with Crippen molar-refractivity contribution in [2.24, 2.45) is 0 Å². The maximum Gasteiger partial charge on any atom is 0.410 e. The number of carbonyl (C=O) groups excluding carboxylic acids is 2. The molecule has 0 aromatic heterocycles. The second-order valence-electron chi connectivity index (χ2n) is 8.44. The number of hydrogen-bond donors (Lipinski definition) is 3. The molecule has 34 heavy (non-hydrogen) atoms. The first-order valence-corrected chi connectivity index (χ1v) is 11.2. The fourth-order valence-electron chi connectivity index (χ4n) is 4.25. The first-order chi connectivity index (χ1) is 16.4. The molecule has 1 aliphatic heterocycles. The van der Waals surface area contributed by atoms with Gasteiger partial charge in [0.2, 0.25) is 0 Å². The van der Waals surface area contributed by atoms with Crippen LogP contribution in [0.2, 0.25) is 0 Å². The lowest BCUT2D eigenvalue weighted by Crippen LogP contribution is -2.38. The van der Waals surface area contributed by atoms with Gasteiger partial charge in [0.05, 0.1) is 5.69 Å². The summed E-state index contributed by atoms with van der Waals surface area (Å²) < 4.78 is 19.4. The number of para-hydroxylation sites is 1. The van der Waals surface area contributed by atoms with Crippen LogP contribution in [0.4, 0.5) is 25.4 Å². The van der Waals surface area contributed by atoms with Gasteiger partial charge in [-0.15, -0.1) is 0 Å². The lowest BCUT2D eigenvalue weighted by molar-refractivity contribution is -0.131. The highest BCUT2D eigenvalue weighted by Gasteiger charge is 2.26. The lowest BCUT2D eigenvalue weighted by atomic mass is 9.92. The number of hydrogen-bond acceptors (Lipinski definition) is 4. The number of allylic oxidation sites excluding steroid dienone is 1. The van der Waals surface area contributed by atoms with Crippen LogP contribution in [0.5, 0.6) is 0 Å². The third-order valence-corrected chi connectivity index (χ3v) is 6.03. The molecular weight excluding hydrogens is 441 g/mol. The molecule has 2 aromatic rings. The van der Waals surface area contributed by atoms with Crippen molar-refractivity contribution < 1.29 is 28.6 Å². The molecule has 9 heteroatoms. The summed E-state index contributed by atoms with van der Waals surface area (Å²) in [5, 5.41) is 14.0. The molecular formula is C25H26FN3O5. The Morgan fingerprint density at radius 2 is 1.79 bits per heavy atom.